The van der Waals surface area contributed by atoms with Crippen LogP contribution in [-0.4, -0.2) is 24.5 Å². The quantitative estimate of drug-likeness (QED) is 0.323. The SMILES string of the molecule is CC(Nc1nc(N)nc2nc[nH]c12)c1cc2cccc(C(F)(F)F)c2c(=O)n1-c1cccc(F)c1. The third-order valence-corrected chi connectivity index (χ3v) is 5.55. The highest BCUT2D eigenvalue weighted by atomic mass is 19.4. The lowest BCUT2D eigenvalue weighted by Gasteiger charge is -2.22. The number of aromatic nitrogens is 5. The van der Waals surface area contributed by atoms with E-state index in [0.717, 1.165) is 16.7 Å². The van der Waals surface area contributed by atoms with Crippen molar-refractivity contribution in [1.82, 2.24) is 24.5 Å². The number of nitrogens with zero attached hydrogens (tertiary/aromatic N) is 4. The largest absolute Gasteiger partial charge is 0.417 e. The molecule has 35 heavy (non-hydrogen) atoms. The van der Waals surface area contributed by atoms with Crippen LogP contribution in [0.4, 0.5) is 29.3 Å². The van der Waals surface area contributed by atoms with Crippen LogP contribution in [-0.2, 0) is 6.18 Å². The Morgan fingerprint density at radius 1 is 1.11 bits per heavy atom. The van der Waals surface area contributed by atoms with Crippen LogP contribution >= 0.6 is 0 Å². The second-order valence-corrected chi connectivity index (χ2v) is 7.85. The number of nitrogen functional groups attached to an aromatic ring is 1. The Balaban J connectivity index is 1.76. The van der Waals surface area contributed by atoms with E-state index in [1.54, 1.807) is 6.92 Å². The molecular weight excluding hydrogens is 466 g/mol. The molecule has 2 aromatic carbocycles. The van der Waals surface area contributed by atoms with Gasteiger partial charge >= 0.3 is 6.18 Å². The van der Waals surface area contributed by atoms with Gasteiger partial charge in [0.1, 0.15) is 11.3 Å². The maximum Gasteiger partial charge on any atom is 0.417 e. The van der Waals surface area contributed by atoms with Gasteiger partial charge in [-0.05, 0) is 42.6 Å². The van der Waals surface area contributed by atoms with Gasteiger partial charge in [-0.15, -0.1) is 0 Å². The van der Waals surface area contributed by atoms with Crippen LogP contribution in [0.3, 0.4) is 0 Å². The van der Waals surface area contributed by atoms with Crippen molar-refractivity contribution in [1.29, 1.82) is 0 Å². The summed E-state index contributed by atoms with van der Waals surface area (Å²) in [6.45, 7) is 1.69. The fraction of sp³-hybridized carbons (Fsp3) is 0.130. The van der Waals surface area contributed by atoms with E-state index in [1.807, 2.05) is 0 Å². The molecule has 0 aliphatic heterocycles. The number of halogens is 4. The summed E-state index contributed by atoms with van der Waals surface area (Å²) in [4.78, 5) is 28.7. The number of benzene rings is 2. The molecule has 0 saturated carbocycles. The molecule has 0 fully saturated rings. The highest BCUT2D eigenvalue weighted by molar-refractivity contribution is 5.87. The van der Waals surface area contributed by atoms with Crippen molar-refractivity contribution in [3.63, 3.8) is 0 Å². The van der Waals surface area contributed by atoms with E-state index in [4.69, 9.17) is 5.73 Å². The minimum Gasteiger partial charge on any atom is -0.368 e. The van der Waals surface area contributed by atoms with Gasteiger partial charge in [-0.1, -0.05) is 18.2 Å². The van der Waals surface area contributed by atoms with Gasteiger partial charge in [-0.2, -0.15) is 23.1 Å². The molecule has 0 radical (unpaired) electrons. The number of anilines is 2. The van der Waals surface area contributed by atoms with Gasteiger partial charge in [-0.3, -0.25) is 9.36 Å². The molecular formula is C23H17F4N7O. The smallest absolute Gasteiger partial charge is 0.368 e. The highest BCUT2D eigenvalue weighted by Gasteiger charge is 2.34. The van der Waals surface area contributed by atoms with Gasteiger partial charge in [0.25, 0.3) is 5.56 Å². The van der Waals surface area contributed by atoms with Crippen LogP contribution in [0.2, 0.25) is 0 Å². The minimum absolute atomic E-state index is 0.0462. The predicted molar refractivity (Wildman–Crippen MR) is 123 cm³/mol. The topological polar surface area (TPSA) is 115 Å². The standard InChI is InChI=1S/C23H17F4N7O/c1-11(31-20-18-19(30-10-29-18)32-22(28)33-20)16-8-12-4-2-7-15(23(25,26)27)17(12)21(35)34(16)14-6-3-5-13(24)9-14/h2-11H,1H3,(H4,28,29,30,31,32,33). The van der Waals surface area contributed by atoms with Gasteiger partial charge in [0, 0.05) is 5.69 Å². The Morgan fingerprint density at radius 3 is 2.63 bits per heavy atom. The van der Waals surface area contributed by atoms with Crippen molar-refractivity contribution >= 4 is 33.7 Å². The van der Waals surface area contributed by atoms with E-state index in [2.05, 4.69) is 25.3 Å². The maximum absolute atomic E-state index is 14.1. The monoisotopic (exact) mass is 483 g/mol. The van der Waals surface area contributed by atoms with Gasteiger partial charge in [0.15, 0.2) is 11.5 Å². The Morgan fingerprint density at radius 2 is 1.89 bits per heavy atom. The molecule has 0 bridgehead atoms. The summed E-state index contributed by atoms with van der Waals surface area (Å²) in [5, 5.41) is 2.69. The molecule has 0 aliphatic carbocycles. The van der Waals surface area contributed by atoms with Crippen LogP contribution in [0.1, 0.15) is 24.2 Å². The van der Waals surface area contributed by atoms with E-state index in [9.17, 15) is 22.4 Å². The van der Waals surface area contributed by atoms with Crippen LogP contribution in [0.15, 0.2) is 59.7 Å². The summed E-state index contributed by atoms with van der Waals surface area (Å²) in [5.74, 6) is -0.414. The van der Waals surface area contributed by atoms with Gasteiger partial charge in [-0.25, -0.2) is 9.37 Å². The van der Waals surface area contributed by atoms with Crippen LogP contribution in [0, 0.1) is 5.82 Å². The zero-order valence-corrected chi connectivity index (χ0v) is 18.1. The zero-order chi connectivity index (χ0) is 24.9. The van der Waals surface area contributed by atoms with E-state index in [0.29, 0.717) is 11.2 Å². The maximum atomic E-state index is 14.1. The van der Waals surface area contributed by atoms with E-state index in [1.165, 1.54) is 42.7 Å². The number of aromatic amines is 1. The molecule has 0 spiro atoms. The average molecular weight is 483 g/mol. The molecule has 1 atom stereocenters. The van der Waals surface area contributed by atoms with Crippen molar-refractivity contribution in [2.45, 2.75) is 19.1 Å². The first-order valence-corrected chi connectivity index (χ1v) is 10.4. The number of fused-ring (bicyclic) bond motifs is 2. The lowest BCUT2D eigenvalue weighted by Crippen LogP contribution is -2.27. The number of rotatable bonds is 4. The Kier molecular flexibility index (Phi) is 5.15. The molecule has 8 nitrogen and oxygen atoms in total. The number of nitrogens with one attached hydrogen (secondary N) is 2. The summed E-state index contributed by atoms with van der Waals surface area (Å²) in [5.41, 5.74) is 4.88. The zero-order valence-electron chi connectivity index (χ0n) is 18.1. The molecule has 3 heterocycles. The Bertz CT molecular complexity index is 1640. The fourth-order valence-corrected chi connectivity index (χ4v) is 4.05. The van der Waals surface area contributed by atoms with Crippen LogP contribution < -0.4 is 16.6 Å². The Labute approximate surface area is 194 Å². The van der Waals surface area contributed by atoms with Crippen molar-refractivity contribution in [3.05, 3.63) is 82.3 Å². The van der Waals surface area contributed by atoms with Gasteiger partial charge < -0.3 is 16.0 Å². The molecule has 12 heteroatoms. The van der Waals surface area contributed by atoms with E-state index >= 15 is 0 Å². The third-order valence-electron chi connectivity index (χ3n) is 5.55. The highest BCUT2D eigenvalue weighted by Crippen LogP contribution is 2.35. The van der Waals surface area contributed by atoms with Gasteiger partial charge in [0.05, 0.1) is 29.0 Å². The predicted octanol–water partition coefficient (Wildman–Crippen LogP) is 4.57. The number of imidazole rings is 1. The van der Waals surface area contributed by atoms with Crippen LogP contribution in [0.5, 0.6) is 0 Å². The summed E-state index contributed by atoms with van der Waals surface area (Å²) in [6, 6.07) is 9.35. The molecule has 0 saturated heterocycles. The summed E-state index contributed by atoms with van der Waals surface area (Å²) >= 11 is 0. The first-order valence-electron chi connectivity index (χ1n) is 10.4. The minimum atomic E-state index is -4.76. The molecule has 5 aromatic rings. The molecule has 0 amide bonds. The summed E-state index contributed by atoms with van der Waals surface area (Å²) in [6.07, 6.45) is -3.35. The molecule has 5 rings (SSSR count). The van der Waals surface area contributed by atoms with Crippen molar-refractivity contribution < 1.29 is 17.6 Å². The van der Waals surface area contributed by atoms with Crippen molar-refractivity contribution in [2.24, 2.45) is 0 Å². The number of hydrogen-bond donors (Lipinski definition) is 3. The number of alkyl halides is 3. The number of H-pyrrole nitrogens is 1. The summed E-state index contributed by atoms with van der Waals surface area (Å²) in [7, 11) is 0. The summed E-state index contributed by atoms with van der Waals surface area (Å²) < 4.78 is 56.4. The molecule has 178 valence electrons. The average Bonchev–Trinajstić information content (AvgIpc) is 3.26. The molecule has 3 aromatic heterocycles. The van der Waals surface area contributed by atoms with Gasteiger partial charge in [0.2, 0.25) is 5.95 Å². The molecule has 4 N–H and O–H groups in total. The Hall–Kier alpha value is -4.48. The lowest BCUT2D eigenvalue weighted by atomic mass is 10.0. The van der Waals surface area contributed by atoms with Crippen molar-refractivity contribution in [2.75, 3.05) is 11.1 Å². The van der Waals surface area contributed by atoms with E-state index in [-0.39, 0.29) is 28.5 Å². The number of nitrogens with two attached hydrogens (primary N) is 1. The van der Waals surface area contributed by atoms with Crippen LogP contribution in [0.25, 0.3) is 27.6 Å². The number of hydrogen-bond acceptors (Lipinski definition) is 6. The van der Waals surface area contributed by atoms with Crippen molar-refractivity contribution in [3.8, 4) is 5.69 Å². The lowest BCUT2D eigenvalue weighted by molar-refractivity contribution is -0.136. The number of pyridine rings is 1. The fourth-order valence-electron chi connectivity index (χ4n) is 4.05. The first-order chi connectivity index (χ1) is 16.6. The second-order valence-electron chi connectivity index (χ2n) is 7.85. The molecule has 1 unspecified atom stereocenters. The second kappa shape index (κ2) is 8.08. The normalized spacial score (nSPS) is 12.8. The first kappa shape index (κ1) is 22.3. The molecule has 0 aliphatic rings. The third kappa shape index (κ3) is 3.92. The van der Waals surface area contributed by atoms with E-state index < -0.39 is 34.5 Å².